The lowest BCUT2D eigenvalue weighted by atomic mass is 10.0. The van der Waals surface area contributed by atoms with E-state index in [4.69, 9.17) is 10.2 Å². The summed E-state index contributed by atoms with van der Waals surface area (Å²) in [7, 11) is 1.72. The van der Waals surface area contributed by atoms with Crippen molar-refractivity contribution in [2.45, 2.75) is 13.3 Å². The topological polar surface area (TPSA) is 89.4 Å². The second-order valence-electron chi connectivity index (χ2n) is 4.73. The third-order valence-electron chi connectivity index (χ3n) is 3.05. The largest absolute Gasteiger partial charge is 0.445 e. The molecule has 1 aromatic carbocycles. The predicted octanol–water partition coefficient (Wildman–Crippen LogP) is 1.92. The van der Waals surface area contributed by atoms with E-state index in [1.807, 2.05) is 6.92 Å². The molecule has 6 heteroatoms. The Bertz CT molecular complexity index is 650. The number of benzene rings is 1. The lowest BCUT2D eigenvalue weighted by Crippen LogP contribution is -2.27. The van der Waals surface area contributed by atoms with Gasteiger partial charge in [0.2, 0.25) is 11.8 Å². The van der Waals surface area contributed by atoms with Crippen LogP contribution in [0.15, 0.2) is 35.1 Å². The van der Waals surface area contributed by atoms with E-state index in [1.54, 1.807) is 24.1 Å². The summed E-state index contributed by atoms with van der Waals surface area (Å²) in [6.07, 6.45) is 3.78. The van der Waals surface area contributed by atoms with Crippen LogP contribution in [0.25, 0.3) is 11.5 Å². The first kappa shape index (κ1) is 14.8. The highest BCUT2D eigenvalue weighted by Gasteiger charge is 2.16. The molecule has 2 N–H and O–H groups in total. The van der Waals surface area contributed by atoms with Gasteiger partial charge in [0.25, 0.3) is 5.91 Å². The molecule has 0 unspecified atom stereocenters. The van der Waals surface area contributed by atoms with Crippen LogP contribution in [-0.2, 0) is 0 Å². The van der Waals surface area contributed by atoms with Gasteiger partial charge < -0.3 is 15.1 Å². The van der Waals surface area contributed by atoms with Gasteiger partial charge in [-0.05, 0) is 24.6 Å². The molecule has 21 heavy (non-hydrogen) atoms. The van der Waals surface area contributed by atoms with Crippen molar-refractivity contribution in [2.75, 3.05) is 13.6 Å². The molecular formula is C15H17N3O3. The molecule has 0 fully saturated rings. The van der Waals surface area contributed by atoms with Crippen LogP contribution in [-0.4, -0.2) is 35.3 Å². The number of carbonyl (C=O) groups is 2. The van der Waals surface area contributed by atoms with Gasteiger partial charge in [-0.15, -0.1) is 0 Å². The summed E-state index contributed by atoms with van der Waals surface area (Å²) >= 11 is 0. The number of carbonyl (C=O) groups excluding carboxylic acids is 2. The summed E-state index contributed by atoms with van der Waals surface area (Å²) in [5.41, 5.74) is 6.50. The van der Waals surface area contributed by atoms with E-state index in [0.29, 0.717) is 23.6 Å². The Morgan fingerprint density at radius 3 is 2.57 bits per heavy atom. The number of amides is 2. The van der Waals surface area contributed by atoms with Gasteiger partial charge in [-0.1, -0.05) is 6.92 Å². The zero-order valence-electron chi connectivity index (χ0n) is 12.0. The fraction of sp³-hybridized carbons (Fsp3) is 0.267. The molecule has 1 aromatic heterocycles. The summed E-state index contributed by atoms with van der Waals surface area (Å²) in [6, 6.07) is 4.70. The number of hydrogen-bond acceptors (Lipinski definition) is 4. The first-order chi connectivity index (χ1) is 10.0. The Labute approximate surface area is 122 Å². The van der Waals surface area contributed by atoms with Crippen LogP contribution in [0.1, 0.15) is 34.1 Å². The van der Waals surface area contributed by atoms with E-state index in [2.05, 4.69) is 4.98 Å². The van der Waals surface area contributed by atoms with Crippen molar-refractivity contribution in [3.63, 3.8) is 0 Å². The lowest BCUT2D eigenvalue weighted by Gasteiger charge is -2.16. The standard InChI is InChI=1S/C15H17N3O3/c1-3-5-18(2)15(20)12-8-10(13(16)19)7-11(9-12)14-17-4-6-21-14/h4,6-9H,3,5H2,1-2H3,(H2,16,19). The second kappa shape index (κ2) is 6.21. The van der Waals surface area contributed by atoms with Crippen LogP contribution >= 0.6 is 0 Å². The van der Waals surface area contributed by atoms with Crippen molar-refractivity contribution in [1.29, 1.82) is 0 Å². The Morgan fingerprint density at radius 1 is 1.29 bits per heavy atom. The summed E-state index contributed by atoms with van der Waals surface area (Å²) in [4.78, 5) is 29.4. The number of nitrogens with zero attached hydrogens (tertiary/aromatic N) is 2. The molecule has 110 valence electrons. The maximum Gasteiger partial charge on any atom is 0.253 e. The molecule has 0 aliphatic rings. The minimum absolute atomic E-state index is 0.173. The van der Waals surface area contributed by atoms with E-state index in [9.17, 15) is 9.59 Å². The van der Waals surface area contributed by atoms with Crippen LogP contribution in [0, 0.1) is 0 Å². The van der Waals surface area contributed by atoms with Crippen LogP contribution < -0.4 is 5.73 Å². The number of oxazole rings is 1. The van der Waals surface area contributed by atoms with Crippen molar-refractivity contribution in [2.24, 2.45) is 5.73 Å². The molecule has 0 bridgehead atoms. The van der Waals surface area contributed by atoms with Crippen molar-refractivity contribution in [3.05, 3.63) is 41.8 Å². The Balaban J connectivity index is 2.46. The third-order valence-corrected chi connectivity index (χ3v) is 3.05. The Hall–Kier alpha value is -2.63. The van der Waals surface area contributed by atoms with Crippen LogP contribution in [0.4, 0.5) is 0 Å². The lowest BCUT2D eigenvalue weighted by molar-refractivity contribution is 0.0795. The monoisotopic (exact) mass is 287 g/mol. The maximum atomic E-state index is 12.4. The summed E-state index contributed by atoms with van der Waals surface area (Å²) < 4.78 is 5.21. The highest BCUT2D eigenvalue weighted by atomic mass is 16.3. The molecule has 0 aliphatic heterocycles. The Morgan fingerprint density at radius 2 is 2.00 bits per heavy atom. The van der Waals surface area contributed by atoms with Crippen molar-refractivity contribution in [3.8, 4) is 11.5 Å². The molecule has 6 nitrogen and oxygen atoms in total. The number of rotatable bonds is 5. The van der Waals surface area contributed by atoms with Crippen LogP contribution in [0.3, 0.4) is 0 Å². The molecule has 0 saturated carbocycles. The molecular weight excluding hydrogens is 270 g/mol. The fourth-order valence-corrected chi connectivity index (χ4v) is 2.04. The van der Waals surface area contributed by atoms with Crippen molar-refractivity contribution < 1.29 is 14.0 Å². The summed E-state index contributed by atoms with van der Waals surface area (Å²) in [6.45, 7) is 2.62. The van der Waals surface area contributed by atoms with Gasteiger partial charge in [0.05, 0.1) is 6.20 Å². The van der Waals surface area contributed by atoms with Crippen LogP contribution in [0.5, 0.6) is 0 Å². The summed E-state index contributed by atoms with van der Waals surface area (Å²) in [5, 5.41) is 0. The van der Waals surface area contributed by atoms with E-state index in [1.165, 1.54) is 18.5 Å². The van der Waals surface area contributed by atoms with Crippen molar-refractivity contribution in [1.82, 2.24) is 9.88 Å². The number of primary amides is 1. The molecule has 1 heterocycles. The molecule has 0 aliphatic carbocycles. The first-order valence-corrected chi connectivity index (χ1v) is 6.63. The number of hydrogen-bond donors (Lipinski definition) is 1. The minimum Gasteiger partial charge on any atom is -0.445 e. The van der Waals surface area contributed by atoms with E-state index >= 15 is 0 Å². The van der Waals surface area contributed by atoms with Crippen LogP contribution in [0.2, 0.25) is 0 Å². The summed E-state index contributed by atoms with van der Waals surface area (Å²) in [5.74, 6) is -0.436. The molecule has 2 aromatic rings. The normalized spacial score (nSPS) is 10.4. The molecule has 0 spiro atoms. The third kappa shape index (κ3) is 3.28. The maximum absolute atomic E-state index is 12.4. The minimum atomic E-state index is -0.601. The van der Waals surface area contributed by atoms with E-state index < -0.39 is 5.91 Å². The predicted molar refractivity (Wildman–Crippen MR) is 77.7 cm³/mol. The van der Waals surface area contributed by atoms with Gasteiger partial charge in [0, 0.05) is 30.3 Å². The average molecular weight is 287 g/mol. The molecule has 0 radical (unpaired) electrons. The molecule has 2 rings (SSSR count). The SMILES string of the molecule is CCCN(C)C(=O)c1cc(C(N)=O)cc(-c2ncco2)c1. The molecule has 0 saturated heterocycles. The van der Waals surface area contributed by atoms with Gasteiger partial charge in [0.15, 0.2) is 0 Å². The van der Waals surface area contributed by atoms with Gasteiger partial charge >= 0.3 is 0 Å². The molecule has 0 atom stereocenters. The highest BCUT2D eigenvalue weighted by Crippen LogP contribution is 2.21. The smallest absolute Gasteiger partial charge is 0.253 e. The number of nitrogens with two attached hydrogens (primary N) is 1. The van der Waals surface area contributed by atoms with Crippen molar-refractivity contribution >= 4 is 11.8 Å². The first-order valence-electron chi connectivity index (χ1n) is 6.63. The second-order valence-corrected chi connectivity index (χ2v) is 4.73. The zero-order chi connectivity index (χ0) is 15.4. The van der Waals surface area contributed by atoms with Gasteiger partial charge in [-0.2, -0.15) is 0 Å². The van der Waals surface area contributed by atoms with Gasteiger partial charge in [-0.3, -0.25) is 9.59 Å². The Kier molecular flexibility index (Phi) is 4.37. The average Bonchev–Trinajstić information content (AvgIpc) is 3.00. The quantitative estimate of drug-likeness (QED) is 0.909. The van der Waals surface area contributed by atoms with Gasteiger partial charge in [-0.25, -0.2) is 4.98 Å². The highest BCUT2D eigenvalue weighted by molar-refractivity contribution is 6.00. The molecule has 2 amide bonds. The number of aromatic nitrogens is 1. The zero-order valence-corrected chi connectivity index (χ0v) is 12.0. The van der Waals surface area contributed by atoms with E-state index in [-0.39, 0.29) is 11.5 Å². The van der Waals surface area contributed by atoms with Gasteiger partial charge in [0.1, 0.15) is 6.26 Å². The fourth-order valence-electron chi connectivity index (χ4n) is 2.04. The van der Waals surface area contributed by atoms with E-state index in [0.717, 1.165) is 6.42 Å².